The van der Waals surface area contributed by atoms with Crippen LogP contribution in [0.2, 0.25) is 0 Å². The van der Waals surface area contributed by atoms with E-state index in [0.29, 0.717) is 5.69 Å². The Kier molecular flexibility index (Phi) is 3.65. The number of carboxylic acids is 1. The summed E-state index contributed by atoms with van der Waals surface area (Å²) in [5.74, 6) is -1.00. The summed E-state index contributed by atoms with van der Waals surface area (Å²) in [6.07, 6.45) is 1.14. The Morgan fingerprint density at radius 3 is 2.65 bits per heavy atom. The third-order valence-corrected chi connectivity index (χ3v) is 4.42. The summed E-state index contributed by atoms with van der Waals surface area (Å²) in [5.41, 5.74) is 7.85. The minimum atomic E-state index is -1.00. The number of hydrogen-bond acceptors (Lipinski definition) is 4. The van der Waals surface area contributed by atoms with Crippen LogP contribution in [0.3, 0.4) is 0 Å². The van der Waals surface area contributed by atoms with Crippen LogP contribution in [0, 0.1) is 12.3 Å². The van der Waals surface area contributed by atoms with Crippen LogP contribution >= 0.6 is 0 Å². The zero-order valence-electron chi connectivity index (χ0n) is 12.4. The van der Waals surface area contributed by atoms with E-state index in [1.165, 1.54) is 0 Å². The molecule has 0 spiro atoms. The molecular formula is C15H22N2O3. The lowest BCUT2D eigenvalue weighted by molar-refractivity contribution is -0.0794. The minimum absolute atomic E-state index is 0.0213. The lowest BCUT2D eigenvalue weighted by atomic mass is 9.64. The van der Waals surface area contributed by atoms with Crippen molar-refractivity contribution in [2.75, 3.05) is 18.2 Å². The Balaban J connectivity index is 2.21. The summed E-state index contributed by atoms with van der Waals surface area (Å²) in [6, 6.07) is 3.75. The monoisotopic (exact) mass is 278 g/mol. The zero-order valence-corrected chi connectivity index (χ0v) is 12.4. The highest BCUT2D eigenvalue weighted by Crippen LogP contribution is 2.44. The van der Waals surface area contributed by atoms with E-state index >= 15 is 0 Å². The molecule has 0 radical (unpaired) electrons. The van der Waals surface area contributed by atoms with Crippen molar-refractivity contribution >= 4 is 17.3 Å². The molecule has 4 N–H and O–H groups in total. The lowest BCUT2D eigenvalue weighted by Crippen LogP contribution is -2.57. The van der Waals surface area contributed by atoms with Gasteiger partial charge >= 0.3 is 5.97 Å². The van der Waals surface area contributed by atoms with E-state index < -0.39 is 5.97 Å². The van der Waals surface area contributed by atoms with Gasteiger partial charge in [-0.25, -0.2) is 4.79 Å². The largest absolute Gasteiger partial charge is 0.478 e. The molecule has 1 saturated carbocycles. The lowest BCUT2D eigenvalue weighted by Gasteiger charge is -2.51. The van der Waals surface area contributed by atoms with Crippen LogP contribution < -0.4 is 11.1 Å². The molecule has 2 atom stereocenters. The topological polar surface area (TPSA) is 84.6 Å². The fourth-order valence-corrected chi connectivity index (χ4v) is 2.79. The van der Waals surface area contributed by atoms with Gasteiger partial charge in [0.05, 0.1) is 11.7 Å². The summed E-state index contributed by atoms with van der Waals surface area (Å²) in [4.78, 5) is 11.2. The Morgan fingerprint density at radius 2 is 2.15 bits per heavy atom. The summed E-state index contributed by atoms with van der Waals surface area (Å²) in [6.45, 7) is 6.10. The smallest absolute Gasteiger partial charge is 0.337 e. The van der Waals surface area contributed by atoms with Gasteiger partial charge in [0, 0.05) is 29.9 Å². The quantitative estimate of drug-likeness (QED) is 0.737. The van der Waals surface area contributed by atoms with Gasteiger partial charge in [-0.1, -0.05) is 13.8 Å². The zero-order chi connectivity index (χ0) is 15.1. The maximum atomic E-state index is 11.2. The van der Waals surface area contributed by atoms with E-state index in [9.17, 15) is 9.90 Å². The average Bonchev–Trinajstić information content (AvgIpc) is 2.37. The number of anilines is 2. The van der Waals surface area contributed by atoms with Gasteiger partial charge in [0.15, 0.2) is 0 Å². The molecule has 0 heterocycles. The predicted octanol–water partition coefficient (Wildman–Crippen LogP) is 2.50. The summed E-state index contributed by atoms with van der Waals surface area (Å²) in [5, 5.41) is 12.6. The van der Waals surface area contributed by atoms with Crippen LogP contribution in [-0.4, -0.2) is 30.3 Å². The molecule has 0 aromatic heterocycles. The number of nitrogens with two attached hydrogens (primary N) is 1. The number of nitrogen functional groups attached to an aromatic ring is 1. The normalized spacial score (nSPS) is 24.0. The molecule has 110 valence electrons. The van der Waals surface area contributed by atoms with Crippen LogP contribution in [-0.2, 0) is 4.74 Å². The van der Waals surface area contributed by atoms with Crippen molar-refractivity contribution in [3.63, 3.8) is 0 Å². The highest BCUT2D eigenvalue weighted by molar-refractivity contribution is 5.95. The van der Waals surface area contributed by atoms with Crippen LogP contribution in [0.5, 0.6) is 0 Å². The van der Waals surface area contributed by atoms with Gasteiger partial charge in [-0.15, -0.1) is 0 Å². The first-order chi connectivity index (χ1) is 9.27. The third kappa shape index (κ3) is 2.33. The Hall–Kier alpha value is -1.75. The van der Waals surface area contributed by atoms with E-state index in [-0.39, 0.29) is 23.1 Å². The van der Waals surface area contributed by atoms with E-state index in [1.807, 2.05) is 13.0 Å². The molecule has 0 aliphatic heterocycles. The number of benzene rings is 1. The van der Waals surface area contributed by atoms with Gasteiger partial charge in [0.1, 0.15) is 0 Å². The Bertz CT molecular complexity index is 540. The summed E-state index contributed by atoms with van der Waals surface area (Å²) >= 11 is 0. The number of ether oxygens (including phenoxy) is 1. The van der Waals surface area contributed by atoms with Crippen LogP contribution in [0.4, 0.5) is 11.4 Å². The van der Waals surface area contributed by atoms with Crippen LogP contribution in [0.15, 0.2) is 12.1 Å². The van der Waals surface area contributed by atoms with E-state index in [4.69, 9.17) is 10.5 Å². The first-order valence-electron chi connectivity index (χ1n) is 6.70. The maximum Gasteiger partial charge on any atom is 0.337 e. The van der Waals surface area contributed by atoms with Crippen LogP contribution in [0.25, 0.3) is 0 Å². The molecular weight excluding hydrogens is 256 g/mol. The molecule has 5 nitrogen and oxygen atoms in total. The number of nitrogens with one attached hydrogen (secondary N) is 1. The van der Waals surface area contributed by atoms with Crippen molar-refractivity contribution in [3.8, 4) is 0 Å². The van der Waals surface area contributed by atoms with Crippen molar-refractivity contribution in [1.29, 1.82) is 0 Å². The Morgan fingerprint density at radius 1 is 1.50 bits per heavy atom. The molecule has 2 rings (SSSR count). The molecule has 2 unspecified atom stereocenters. The average molecular weight is 278 g/mol. The molecule has 0 bridgehead atoms. The van der Waals surface area contributed by atoms with Gasteiger partial charge < -0.3 is 20.9 Å². The van der Waals surface area contributed by atoms with Crippen molar-refractivity contribution in [2.24, 2.45) is 5.41 Å². The SMILES string of the molecule is COC1CC(Nc2cc(C)c(N)c(C(=O)O)c2)C1(C)C. The molecule has 1 aliphatic rings. The van der Waals surface area contributed by atoms with Crippen molar-refractivity contribution in [2.45, 2.75) is 39.3 Å². The highest BCUT2D eigenvalue weighted by atomic mass is 16.5. The highest BCUT2D eigenvalue weighted by Gasteiger charge is 2.48. The second-order valence-electron chi connectivity index (χ2n) is 6.04. The number of hydrogen-bond donors (Lipinski definition) is 3. The molecule has 1 aliphatic carbocycles. The Labute approximate surface area is 119 Å². The van der Waals surface area contributed by atoms with Crippen LogP contribution in [0.1, 0.15) is 36.2 Å². The molecule has 0 saturated heterocycles. The molecule has 1 aromatic carbocycles. The van der Waals surface area contributed by atoms with Crippen molar-refractivity contribution < 1.29 is 14.6 Å². The van der Waals surface area contributed by atoms with E-state index in [1.54, 1.807) is 13.2 Å². The molecule has 5 heteroatoms. The molecule has 1 aromatic rings. The summed E-state index contributed by atoms with van der Waals surface area (Å²) in [7, 11) is 1.72. The third-order valence-electron chi connectivity index (χ3n) is 4.42. The first-order valence-corrected chi connectivity index (χ1v) is 6.70. The van der Waals surface area contributed by atoms with Gasteiger partial charge in [-0.2, -0.15) is 0 Å². The van der Waals surface area contributed by atoms with Gasteiger partial charge in [0.25, 0.3) is 0 Å². The summed E-state index contributed by atoms with van der Waals surface area (Å²) < 4.78 is 5.42. The molecule has 0 amide bonds. The number of carboxylic acid groups (broad SMARTS) is 1. The predicted molar refractivity (Wildman–Crippen MR) is 79.2 cm³/mol. The maximum absolute atomic E-state index is 11.2. The first kappa shape index (κ1) is 14.7. The molecule has 20 heavy (non-hydrogen) atoms. The number of carbonyl (C=O) groups is 1. The van der Waals surface area contributed by atoms with Gasteiger partial charge in [-0.05, 0) is 31.0 Å². The van der Waals surface area contributed by atoms with Gasteiger partial charge in [-0.3, -0.25) is 0 Å². The standard InChI is InChI=1S/C15H22N2O3/c1-8-5-9(6-10(13(8)16)14(18)19)17-11-7-12(20-4)15(11,2)3/h5-6,11-12,17H,7,16H2,1-4H3,(H,18,19). The van der Waals surface area contributed by atoms with Crippen molar-refractivity contribution in [1.82, 2.24) is 0 Å². The second-order valence-corrected chi connectivity index (χ2v) is 6.04. The fraction of sp³-hybridized carbons (Fsp3) is 0.533. The van der Waals surface area contributed by atoms with E-state index in [2.05, 4.69) is 19.2 Å². The van der Waals surface area contributed by atoms with E-state index in [0.717, 1.165) is 17.7 Å². The number of methoxy groups -OCH3 is 1. The molecule has 1 fully saturated rings. The fourth-order valence-electron chi connectivity index (χ4n) is 2.79. The van der Waals surface area contributed by atoms with Gasteiger partial charge in [0.2, 0.25) is 0 Å². The number of rotatable bonds is 4. The minimum Gasteiger partial charge on any atom is -0.478 e. The number of aryl methyl sites for hydroxylation is 1. The number of aromatic carboxylic acids is 1. The second kappa shape index (κ2) is 4.98. The van der Waals surface area contributed by atoms with Crippen molar-refractivity contribution in [3.05, 3.63) is 23.3 Å².